The highest BCUT2D eigenvalue weighted by Crippen LogP contribution is 2.66. The van der Waals surface area contributed by atoms with Crippen LogP contribution in [0.25, 0.3) is 0 Å². The Balaban J connectivity index is 0.00000225. The summed E-state index contributed by atoms with van der Waals surface area (Å²) in [6.07, 6.45) is 10.9. The molecule has 0 aromatic heterocycles. The van der Waals surface area contributed by atoms with Crippen molar-refractivity contribution in [2.24, 2.45) is 51.3 Å². The second kappa shape index (κ2) is 8.10. The molecule has 0 saturated heterocycles. The zero-order valence-corrected chi connectivity index (χ0v) is 18.3. The number of ketones is 1. The lowest BCUT2D eigenvalue weighted by molar-refractivity contribution is -0.140. The second-order valence-corrected chi connectivity index (χ2v) is 10.0. The minimum atomic E-state index is -0.0482. The topological polar surface area (TPSA) is 64.7 Å². The molecule has 5 heteroatoms. The number of rotatable bonds is 4. The van der Waals surface area contributed by atoms with Gasteiger partial charge in [0.2, 0.25) is 0 Å². The number of allylic oxidation sites excluding steroid dienone is 1. The Morgan fingerprint density at radius 1 is 1.21 bits per heavy atom. The molecule has 0 aliphatic heterocycles. The second-order valence-electron chi connectivity index (χ2n) is 10.0. The first kappa shape index (κ1) is 21.8. The van der Waals surface area contributed by atoms with E-state index in [9.17, 15) is 4.79 Å². The van der Waals surface area contributed by atoms with Crippen LogP contribution in [0, 0.1) is 40.4 Å². The number of nitrogens with two attached hydrogens (primary N) is 1. The maximum Gasteiger partial charge on any atom is 0.139 e. The summed E-state index contributed by atoms with van der Waals surface area (Å²) < 4.78 is 0. The summed E-state index contributed by atoms with van der Waals surface area (Å²) in [5.41, 5.74) is 7.01. The molecule has 0 radical (unpaired) electrons. The molecule has 0 heterocycles. The van der Waals surface area contributed by atoms with Crippen LogP contribution >= 0.6 is 12.4 Å². The molecule has 0 aromatic rings. The van der Waals surface area contributed by atoms with Crippen molar-refractivity contribution >= 4 is 23.9 Å². The zero-order valence-electron chi connectivity index (χ0n) is 17.5. The Morgan fingerprint density at radius 3 is 2.71 bits per heavy atom. The lowest BCUT2D eigenvalue weighted by atomic mass is 9.43. The van der Waals surface area contributed by atoms with E-state index in [0.29, 0.717) is 48.0 Å². The number of carbonyl (C=O) groups excluding carboxylic acids is 1. The molecule has 28 heavy (non-hydrogen) atoms. The van der Waals surface area contributed by atoms with Crippen molar-refractivity contribution in [3.63, 3.8) is 0 Å². The SMILES string of the molecule is C=C[C@H]1C[C@@H]2[C@H](CC[C@]3(C)C(=O)CC[C@@H]23)[C@@]2(C)CCC(=NOCCN)CC12.Cl. The summed E-state index contributed by atoms with van der Waals surface area (Å²) in [7, 11) is 0. The Kier molecular flexibility index (Phi) is 6.32. The molecule has 4 fully saturated rings. The first-order valence-electron chi connectivity index (χ1n) is 11.0. The molecule has 4 saturated carbocycles. The fourth-order valence-corrected chi connectivity index (χ4v) is 7.51. The van der Waals surface area contributed by atoms with Crippen LogP contribution in [0.3, 0.4) is 0 Å². The van der Waals surface area contributed by atoms with Gasteiger partial charge in [-0.2, -0.15) is 0 Å². The van der Waals surface area contributed by atoms with Gasteiger partial charge in [-0.1, -0.05) is 25.1 Å². The molecule has 0 amide bonds. The number of hydrogen-bond acceptors (Lipinski definition) is 4. The van der Waals surface area contributed by atoms with Crippen LogP contribution < -0.4 is 5.73 Å². The molecule has 4 aliphatic rings. The number of nitrogens with zero attached hydrogens (tertiary/aromatic N) is 1. The van der Waals surface area contributed by atoms with Crippen molar-refractivity contribution in [2.75, 3.05) is 13.2 Å². The van der Waals surface area contributed by atoms with Gasteiger partial charge < -0.3 is 10.6 Å². The first-order chi connectivity index (χ1) is 12.9. The van der Waals surface area contributed by atoms with E-state index in [1.54, 1.807) is 0 Å². The predicted molar refractivity (Wildman–Crippen MR) is 115 cm³/mol. The van der Waals surface area contributed by atoms with E-state index in [2.05, 4.69) is 31.7 Å². The molecule has 1 unspecified atom stereocenters. The van der Waals surface area contributed by atoms with Gasteiger partial charge in [0.25, 0.3) is 0 Å². The number of oxime groups is 1. The largest absolute Gasteiger partial charge is 0.395 e. The average Bonchev–Trinajstić information content (AvgIpc) is 2.96. The molecule has 4 rings (SSSR count). The number of halogens is 1. The third kappa shape index (κ3) is 3.25. The number of Topliss-reactive ketones (excluding diaryl/α,β-unsaturated/α-hetero) is 1. The highest BCUT2D eigenvalue weighted by molar-refractivity contribution is 5.87. The van der Waals surface area contributed by atoms with Gasteiger partial charge in [-0.3, -0.25) is 4.79 Å². The van der Waals surface area contributed by atoms with Gasteiger partial charge in [-0.05, 0) is 80.0 Å². The summed E-state index contributed by atoms with van der Waals surface area (Å²) in [6.45, 7) is 10.0. The van der Waals surface area contributed by atoms with Gasteiger partial charge in [0, 0.05) is 18.4 Å². The van der Waals surface area contributed by atoms with Gasteiger partial charge >= 0.3 is 0 Å². The fraction of sp³-hybridized carbons (Fsp3) is 0.826. The maximum absolute atomic E-state index is 12.6. The standard InChI is InChI=1S/C23H36N2O2.ClH/c1-4-15-13-17-18-5-6-21(26)23(18,3)10-8-19(17)22(2)9-7-16(14-20(15)22)25-27-12-11-24;/h4,15,17-20H,1,5-14,24H2,2-3H3;1H/t15-,17-,18-,19-,20?,22+,23-;/m0./s1. The number of hydrogen-bond donors (Lipinski definition) is 1. The minimum Gasteiger partial charge on any atom is -0.395 e. The highest BCUT2D eigenvalue weighted by atomic mass is 35.5. The van der Waals surface area contributed by atoms with Crippen LogP contribution in [0.5, 0.6) is 0 Å². The molecule has 158 valence electrons. The third-order valence-corrected chi connectivity index (χ3v) is 9.01. The van der Waals surface area contributed by atoms with Crippen molar-refractivity contribution < 1.29 is 9.63 Å². The Bertz CT molecular complexity index is 651. The molecule has 4 nitrogen and oxygen atoms in total. The Morgan fingerprint density at radius 2 is 2.00 bits per heavy atom. The van der Waals surface area contributed by atoms with Crippen LogP contribution in [0.1, 0.15) is 65.2 Å². The molecular weight excluding hydrogens is 372 g/mol. The van der Waals surface area contributed by atoms with Crippen LogP contribution in [0.4, 0.5) is 0 Å². The van der Waals surface area contributed by atoms with Gasteiger partial charge in [-0.15, -0.1) is 19.0 Å². The lowest BCUT2D eigenvalue weighted by Gasteiger charge is -2.61. The normalized spacial score (nSPS) is 46.2. The zero-order chi connectivity index (χ0) is 19.2. The van der Waals surface area contributed by atoms with Gasteiger partial charge in [0.15, 0.2) is 0 Å². The average molecular weight is 409 g/mol. The maximum atomic E-state index is 12.6. The monoisotopic (exact) mass is 408 g/mol. The summed E-state index contributed by atoms with van der Waals surface area (Å²) in [5, 5.41) is 4.40. The van der Waals surface area contributed by atoms with Gasteiger partial charge in [-0.25, -0.2) is 0 Å². The van der Waals surface area contributed by atoms with E-state index >= 15 is 0 Å². The Hall–Kier alpha value is -0.870. The summed E-state index contributed by atoms with van der Waals surface area (Å²) in [4.78, 5) is 18.0. The van der Waals surface area contributed by atoms with Gasteiger partial charge in [0.1, 0.15) is 12.4 Å². The predicted octanol–water partition coefficient (Wildman–Crippen LogP) is 4.76. The molecule has 0 spiro atoms. The van der Waals surface area contributed by atoms with E-state index in [4.69, 9.17) is 10.6 Å². The molecule has 2 N–H and O–H groups in total. The van der Waals surface area contributed by atoms with E-state index in [1.165, 1.54) is 25.0 Å². The van der Waals surface area contributed by atoms with Crippen LogP contribution in [-0.4, -0.2) is 24.6 Å². The van der Waals surface area contributed by atoms with E-state index in [0.717, 1.165) is 38.0 Å². The first-order valence-corrected chi connectivity index (χ1v) is 11.0. The lowest BCUT2D eigenvalue weighted by Crippen LogP contribution is -2.56. The van der Waals surface area contributed by atoms with E-state index in [-0.39, 0.29) is 17.8 Å². The van der Waals surface area contributed by atoms with Crippen molar-refractivity contribution in [1.29, 1.82) is 0 Å². The molecule has 4 aliphatic carbocycles. The van der Waals surface area contributed by atoms with Crippen molar-refractivity contribution in [1.82, 2.24) is 0 Å². The molecule has 0 aromatic carbocycles. The summed E-state index contributed by atoms with van der Waals surface area (Å²) in [5.74, 6) is 3.68. The van der Waals surface area contributed by atoms with Crippen LogP contribution in [-0.2, 0) is 9.63 Å². The van der Waals surface area contributed by atoms with Gasteiger partial charge in [0.05, 0.1) is 5.71 Å². The van der Waals surface area contributed by atoms with E-state index in [1.807, 2.05) is 0 Å². The van der Waals surface area contributed by atoms with Crippen LogP contribution in [0.2, 0.25) is 0 Å². The summed E-state index contributed by atoms with van der Waals surface area (Å²) >= 11 is 0. The van der Waals surface area contributed by atoms with Crippen molar-refractivity contribution in [3.05, 3.63) is 12.7 Å². The minimum absolute atomic E-state index is 0. The highest BCUT2D eigenvalue weighted by Gasteiger charge is 2.61. The molecular formula is C23H37ClN2O2. The smallest absolute Gasteiger partial charge is 0.139 e. The quantitative estimate of drug-likeness (QED) is 0.414. The van der Waals surface area contributed by atoms with E-state index < -0.39 is 0 Å². The third-order valence-electron chi connectivity index (χ3n) is 9.01. The number of carbonyl (C=O) groups is 1. The molecule has 7 atom stereocenters. The Labute approximate surface area is 176 Å². The summed E-state index contributed by atoms with van der Waals surface area (Å²) in [6, 6.07) is 0. The van der Waals surface area contributed by atoms with Crippen LogP contribution in [0.15, 0.2) is 17.8 Å². The number of fused-ring (bicyclic) bond motifs is 5. The molecule has 0 bridgehead atoms. The van der Waals surface area contributed by atoms with Crippen molar-refractivity contribution in [3.8, 4) is 0 Å². The van der Waals surface area contributed by atoms with Crippen molar-refractivity contribution in [2.45, 2.75) is 65.2 Å². The fourth-order valence-electron chi connectivity index (χ4n) is 7.51.